The van der Waals surface area contributed by atoms with Crippen molar-refractivity contribution < 1.29 is 38.1 Å². The predicted octanol–water partition coefficient (Wildman–Crippen LogP) is 3.92. The average molecular weight is 479 g/mol. The van der Waals surface area contributed by atoms with Gasteiger partial charge in [0.15, 0.2) is 0 Å². The Bertz CT molecular complexity index is 1240. The first-order chi connectivity index (χ1) is 16.7. The molecular weight excluding hydrogens is 457 g/mol. The quantitative estimate of drug-likeness (QED) is 0.470. The smallest absolute Gasteiger partial charge is 0.349 e. The minimum atomic E-state index is -2.22. The third-order valence-electron chi connectivity index (χ3n) is 4.95. The number of esters is 2. The maximum absolute atomic E-state index is 14.1. The summed E-state index contributed by atoms with van der Waals surface area (Å²) < 4.78 is 24.4. The lowest BCUT2D eigenvalue weighted by molar-refractivity contribution is -0.157. The Morgan fingerprint density at radius 2 is 1.20 bits per heavy atom. The molecule has 1 amide bonds. The normalized spacial score (nSPS) is 12.2. The van der Waals surface area contributed by atoms with Crippen molar-refractivity contribution in [2.75, 3.05) is 5.32 Å². The summed E-state index contributed by atoms with van der Waals surface area (Å²) in [5.74, 6) is -5.81. The standard InChI is InChI=1S/C26H22FNO7/c1-15-7-11-17(12-8-15)25(32)34-21(23(29)28-20-6-4-3-5-19(20)27)22(24(30)31)35-26(33)18-13-9-16(2)10-14-18/h3-14,21-22H,1-2H3,(H,28,29)(H,30,31)/t21-,22+/m0/s1. The summed E-state index contributed by atoms with van der Waals surface area (Å²) >= 11 is 0. The van der Waals surface area contributed by atoms with Crippen molar-refractivity contribution in [2.24, 2.45) is 0 Å². The number of ether oxygens (including phenoxy) is 2. The molecule has 0 radical (unpaired) electrons. The maximum Gasteiger partial charge on any atom is 0.349 e. The van der Waals surface area contributed by atoms with Gasteiger partial charge in [-0.25, -0.2) is 18.8 Å². The Morgan fingerprint density at radius 1 is 0.743 bits per heavy atom. The number of amides is 1. The first-order valence-electron chi connectivity index (χ1n) is 10.5. The van der Waals surface area contributed by atoms with Crippen LogP contribution in [0.4, 0.5) is 10.1 Å². The SMILES string of the molecule is Cc1ccc(C(=O)O[C@H](C(=O)Nc2ccccc2F)[C@@H](OC(=O)c2ccc(C)cc2)C(=O)O)cc1. The van der Waals surface area contributed by atoms with Crippen LogP contribution in [0.5, 0.6) is 0 Å². The van der Waals surface area contributed by atoms with Gasteiger partial charge < -0.3 is 19.9 Å². The third kappa shape index (κ3) is 6.50. The van der Waals surface area contributed by atoms with E-state index in [1.54, 1.807) is 38.1 Å². The van der Waals surface area contributed by atoms with Gasteiger partial charge in [-0.15, -0.1) is 0 Å². The van der Waals surface area contributed by atoms with Crippen LogP contribution in [-0.4, -0.2) is 41.1 Å². The van der Waals surface area contributed by atoms with E-state index in [-0.39, 0.29) is 16.8 Å². The predicted molar refractivity (Wildman–Crippen MR) is 123 cm³/mol. The highest BCUT2D eigenvalue weighted by Gasteiger charge is 2.41. The third-order valence-corrected chi connectivity index (χ3v) is 4.95. The van der Waals surface area contributed by atoms with Crippen molar-refractivity contribution in [3.05, 3.63) is 101 Å². The molecule has 0 aliphatic rings. The number of hydrogen-bond donors (Lipinski definition) is 2. The molecule has 35 heavy (non-hydrogen) atoms. The van der Waals surface area contributed by atoms with Crippen molar-refractivity contribution in [1.29, 1.82) is 0 Å². The molecule has 3 aromatic carbocycles. The van der Waals surface area contributed by atoms with E-state index in [1.165, 1.54) is 42.5 Å². The van der Waals surface area contributed by atoms with Gasteiger partial charge in [-0.3, -0.25) is 4.79 Å². The van der Waals surface area contributed by atoms with Crippen molar-refractivity contribution in [3.8, 4) is 0 Å². The van der Waals surface area contributed by atoms with E-state index in [1.807, 2.05) is 0 Å². The summed E-state index contributed by atoms with van der Waals surface area (Å²) in [6.45, 7) is 3.59. The Kier molecular flexibility index (Phi) is 7.93. The van der Waals surface area contributed by atoms with E-state index >= 15 is 0 Å². The van der Waals surface area contributed by atoms with Crippen molar-refractivity contribution in [2.45, 2.75) is 26.1 Å². The fraction of sp³-hybridized carbons (Fsp3) is 0.154. The minimum Gasteiger partial charge on any atom is -0.478 e. The zero-order valence-corrected chi connectivity index (χ0v) is 18.9. The van der Waals surface area contributed by atoms with Crippen LogP contribution in [0.15, 0.2) is 72.8 Å². The molecule has 0 unspecified atom stereocenters. The number of hydrogen-bond acceptors (Lipinski definition) is 6. The molecule has 0 aliphatic carbocycles. The van der Waals surface area contributed by atoms with Crippen LogP contribution in [0, 0.1) is 19.7 Å². The summed E-state index contributed by atoms with van der Waals surface area (Å²) in [6, 6.07) is 17.3. The molecule has 0 aliphatic heterocycles. The van der Waals surface area contributed by atoms with E-state index in [4.69, 9.17) is 9.47 Å². The Morgan fingerprint density at radius 3 is 1.66 bits per heavy atom. The number of carboxylic acid groups (broad SMARTS) is 1. The maximum atomic E-state index is 14.1. The summed E-state index contributed by atoms with van der Waals surface area (Å²) in [6.07, 6.45) is -4.35. The Labute approximate surface area is 200 Å². The number of carbonyl (C=O) groups excluding carboxylic acids is 3. The van der Waals surface area contributed by atoms with Gasteiger partial charge in [0.25, 0.3) is 5.91 Å². The molecule has 2 atom stereocenters. The van der Waals surface area contributed by atoms with Crippen molar-refractivity contribution in [3.63, 3.8) is 0 Å². The van der Waals surface area contributed by atoms with Crippen molar-refractivity contribution >= 4 is 29.5 Å². The van der Waals surface area contributed by atoms with Crippen LogP contribution in [0.25, 0.3) is 0 Å². The second kappa shape index (κ2) is 11.1. The zero-order valence-electron chi connectivity index (χ0n) is 18.9. The summed E-state index contributed by atoms with van der Waals surface area (Å²) in [5.41, 5.74) is 1.49. The number of carboxylic acids is 1. The lowest BCUT2D eigenvalue weighted by Gasteiger charge is -2.23. The number of anilines is 1. The molecule has 0 fully saturated rings. The fourth-order valence-electron chi connectivity index (χ4n) is 3.01. The second-order valence-electron chi connectivity index (χ2n) is 7.69. The molecule has 8 nitrogen and oxygen atoms in total. The molecule has 3 rings (SSSR count). The number of carbonyl (C=O) groups is 4. The minimum absolute atomic E-state index is 0.0278. The molecule has 9 heteroatoms. The average Bonchev–Trinajstić information content (AvgIpc) is 2.83. The number of aryl methyl sites for hydroxylation is 2. The van der Waals surface area contributed by atoms with E-state index < -0.39 is 41.8 Å². The zero-order chi connectivity index (χ0) is 25.5. The number of para-hydroxylation sites is 1. The van der Waals surface area contributed by atoms with E-state index in [2.05, 4.69) is 5.32 Å². The lowest BCUT2D eigenvalue weighted by atomic mass is 10.1. The number of halogens is 1. The molecule has 2 N–H and O–H groups in total. The first kappa shape index (κ1) is 25.1. The van der Waals surface area contributed by atoms with Crippen LogP contribution in [0.3, 0.4) is 0 Å². The van der Waals surface area contributed by atoms with Crippen LogP contribution < -0.4 is 5.32 Å². The van der Waals surface area contributed by atoms with Gasteiger partial charge in [0.1, 0.15) is 5.82 Å². The molecule has 0 saturated carbocycles. The number of nitrogens with one attached hydrogen (secondary N) is 1. The highest BCUT2D eigenvalue weighted by Crippen LogP contribution is 2.18. The van der Waals surface area contributed by atoms with E-state index in [9.17, 15) is 28.7 Å². The number of benzene rings is 3. The van der Waals surface area contributed by atoms with Gasteiger partial charge in [-0.05, 0) is 50.2 Å². The Hall–Kier alpha value is -4.53. The van der Waals surface area contributed by atoms with Crippen LogP contribution in [0.2, 0.25) is 0 Å². The van der Waals surface area contributed by atoms with Gasteiger partial charge in [0, 0.05) is 0 Å². The molecule has 0 aromatic heterocycles. The summed E-state index contributed by atoms with van der Waals surface area (Å²) in [5, 5.41) is 11.9. The molecule has 0 spiro atoms. The number of aliphatic carboxylic acids is 1. The van der Waals surface area contributed by atoms with Crippen LogP contribution in [0.1, 0.15) is 31.8 Å². The van der Waals surface area contributed by atoms with E-state index in [0.29, 0.717) is 0 Å². The molecule has 0 heterocycles. The molecule has 3 aromatic rings. The molecule has 180 valence electrons. The monoisotopic (exact) mass is 479 g/mol. The molecular formula is C26H22FNO7. The van der Waals surface area contributed by atoms with Crippen LogP contribution >= 0.6 is 0 Å². The van der Waals surface area contributed by atoms with Crippen LogP contribution in [-0.2, 0) is 19.1 Å². The molecule has 0 saturated heterocycles. The highest BCUT2D eigenvalue weighted by atomic mass is 19.1. The highest BCUT2D eigenvalue weighted by molar-refractivity contribution is 6.01. The summed E-state index contributed by atoms with van der Waals surface area (Å²) in [7, 11) is 0. The van der Waals surface area contributed by atoms with Crippen molar-refractivity contribution in [1.82, 2.24) is 0 Å². The van der Waals surface area contributed by atoms with Gasteiger partial charge in [0.05, 0.1) is 16.8 Å². The van der Waals surface area contributed by atoms with Gasteiger partial charge in [-0.1, -0.05) is 47.5 Å². The first-order valence-corrected chi connectivity index (χ1v) is 10.5. The van der Waals surface area contributed by atoms with E-state index in [0.717, 1.165) is 17.2 Å². The summed E-state index contributed by atoms with van der Waals surface area (Å²) in [4.78, 5) is 50.3. The second-order valence-corrected chi connectivity index (χ2v) is 7.69. The van der Waals surface area contributed by atoms with Gasteiger partial charge >= 0.3 is 17.9 Å². The fourth-order valence-corrected chi connectivity index (χ4v) is 3.01. The number of rotatable bonds is 8. The molecule has 0 bridgehead atoms. The largest absolute Gasteiger partial charge is 0.478 e. The van der Waals surface area contributed by atoms with Gasteiger partial charge in [0.2, 0.25) is 12.2 Å². The topological polar surface area (TPSA) is 119 Å². The Balaban J connectivity index is 1.91. The van der Waals surface area contributed by atoms with Gasteiger partial charge in [-0.2, -0.15) is 0 Å². The lowest BCUT2D eigenvalue weighted by Crippen LogP contribution is -2.48.